The van der Waals surface area contributed by atoms with Crippen molar-refractivity contribution < 1.29 is 22.7 Å². The average molecular weight is 572 g/mol. The van der Waals surface area contributed by atoms with E-state index >= 15 is 0 Å². The highest BCUT2D eigenvalue weighted by Gasteiger charge is 2.68. The van der Waals surface area contributed by atoms with Gasteiger partial charge in [-0.05, 0) is 87.6 Å². The van der Waals surface area contributed by atoms with Crippen LogP contribution in [0.1, 0.15) is 66.5 Å². The normalized spacial score (nSPS) is 21.0. The van der Waals surface area contributed by atoms with Crippen LogP contribution in [0.4, 0.5) is 16.2 Å². The van der Waals surface area contributed by atoms with Gasteiger partial charge in [0.1, 0.15) is 11.4 Å². The van der Waals surface area contributed by atoms with Gasteiger partial charge in [0.05, 0.1) is 22.5 Å². The van der Waals surface area contributed by atoms with Crippen LogP contribution in [0.3, 0.4) is 0 Å². The summed E-state index contributed by atoms with van der Waals surface area (Å²) in [5.41, 5.74) is 5.67. The summed E-state index contributed by atoms with van der Waals surface area (Å²) in [4.78, 5) is 33.3. The van der Waals surface area contributed by atoms with Crippen molar-refractivity contribution in [1.82, 2.24) is 0 Å². The second-order valence-corrected chi connectivity index (χ2v) is 14.3. The molecule has 1 spiro atoms. The van der Waals surface area contributed by atoms with E-state index in [4.69, 9.17) is 9.73 Å². The lowest BCUT2D eigenvalue weighted by Gasteiger charge is -2.24. The molecule has 212 valence electrons. The largest absolute Gasteiger partial charge is 0.443 e. The number of rotatable bonds is 3. The first-order valence-corrected chi connectivity index (χ1v) is 15.5. The Hall–Kier alpha value is -3.98. The molecule has 8 nitrogen and oxygen atoms in total. The Balaban J connectivity index is 1.27. The number of ether oxygens (including phenoxy) is 1. The standard InChI is InChI=1S/C32H33N3O5S/c1-18-7-12-27-24(13-18)32(29(36)35(27)30(37)40-31(3,4)5)16-25(32)20-8-10-23-21(15-20)17-33-28(23)34-26-11-9-22(14-19(26)2)41(6,38)39/h7-15,25H,16-17H2,1-6H3,(H,33,34)/t25-,32-/m0/s1. The van der Waals surface area contributed by atoms with Crippen molar-refractivity contribution in [2.24, 2.45) is 4.99 Å². The van der Waals surface area contributed by atoms with Gasteiger partial charge in [-0.2, -0.15) is 0 Å². The first-order valence-electron chi connectivity index (χ1n) is 13.6. The molecule has 1 N–H and O–H groups in total. The molecule has 41 heavy (non-hydrogen) atoms. The van der Waals surface area contributed by atoms with Gasteiger partial charge in [-0.25, -0.2) is 18.1 Å². The van der Waals surface area contributed by atoms with Gasteiger partial charge in [-0.1, -0.05) is 35.9 Å². The highest BCUT2D eigenvalue weighted by molar-refractivity contribution is 7.90. The molecule has 3 aromatic rings. The van der Waals surface area contributed by atoms with E-state index in [1.165, 1.54) is 11.2 Å². The van der Waals surface area contributed by atoms with Crippen molar-refractivity contribution >= 4 is 39.0 Å². The molecule has 1 saturated carbocycles. The van der Waals surface area contributed by atoms with Gasteiger partial charge < -0.3 is 10.1 Å². The Labute approximate surface area is 240 Å². The summed E-state index contributed by atoms with van der Waals surface area (Å²) in [6, 6.07) is 17.0. The van der Waals surface area contributed by atoms with E-state index < -0.39 is 26.9 Å². The highest BCUT2D eigenvalue weighted by atomic mass is 32.2. The summed E-state index contributed by atoms with van der Waals surface area (Å²) in [7, 11) is -3.29. The third-order valence-corrected chi connectivity index (χ3v) is 9.18. The van der Waals surface area contributed by atoms with E-state index in [9.17, 15) is 18.0 Å². The van der Waals surface area contributed by atoms with Gasteiger partial charge in [-0.3, -0.25) is 9.79 Å². The molecular weight excluding hydrogens is 538 g/mol. The molecule has 3 aliphatic rings. The van der Waals surface area contributed by atoms with Crippen molar-refractivity contribution in [2.45, 2.75) is 69.4 Å². The number of carbonyl (C=O) groups excluding carboxylic acids is 2. The van der Waals surface area contributed by atoms with Gasteiger partial charge in [0.15, 0.2) is 9.84 Å². The molecular formula is C32H33N3O5S. The predicted octanol–water partition coefficient (Wildman–Crippen LogP) is 5.79. The van der Waals surface area contributed by atoms with Gasteiger partial charge in [0.2, 0.25) is 5.91 Å². The second-order valence-electron chi connectivity index (χ2n) is 12.3. The van der Waals surface area contributed by atoms with Gasteiger partial charge in [0.25, 0.3) is 0 Å². The number of benzene rings is 3. The number of anilines is 2. The Morgan fingerprint density at radius 2 is 1.83 bits per heavy atom. The number of amides is 2. The zero-order valence-electron chi connectivity index (χ0n) is 24.0. The number of nitrogens with one attached hydrogen (secondary N) is 1. The number of amidine groups is 1. The number of aryl methyl sites for hydroxylation is 2. The predicted molar refractivity (Wildman–Crippen MR) is 159 cm³/mol. The first-order chi connectivity index (χ1) is 19.2. The maximum Gasteiger partial charge on any atom is 0.421 e. The molecule has 0 aromatic heterocycles. The number of sulfone groups is 1. The molecule has 0 saturated heterocycles. The third-order valence-electron chi connectivity index (χ3n) is 8.07. The zero-order valence-corrected chi connectivity index (χ0v) is 24.8. The Kier molecular flexibility index (Phi) is 5.98. The zero-order chi connectivity index (χ0) is 29.5. The van der Waals surface area contributed by atoms with Crippen LogP contribution >= 0.6 is 0 Å². The molecule has 0 bridgehead atoms. The molecule has 9 heteroatoms. The van der Waals surface area contributed by atoms with Crippen LogP contribution in [-0.4, -0.2) is 38.1 Å². The van der Waals surface area contributed by atoms with Crippen LogP contribution in [0.5, 0.6) is 0 Å². The van der Waals surface area contributed by atoms with Crippen LogP contribution in [-0.2, 0) is 31.3 Å². The minimum atomic E-state index is -3.29. The fourth-order valence-corrected chi connectivity index (χ4v) is 6.70. The molecule has 0 radical (unpaired) electrons. The SMILES string of the molecule is Cc1ccc2c(c1)[C@]1(C[C@H]1c1ccc3c(c1)CN=C3Nc1ccc(S(C)(=O)=O)cc1C)C(=O)N2C(=O)OC(C)(C)C. The van der Waals surface area contributed by atoms with Crippen molar-refractivity contribution in [3.8, 4) is 0 Å². The summed E-state index contributed by atoms with van der Waals surface area (Å²) >= 11 is 0. The molecule has 0 unspecified atom stereocenters. The Morgan fingerprint density at radius 3 is 2.51 bits per heavy atom. The smallest absolute Gasteiger partial charge is 0.421 e. The molecule has 3 aromatic carbocycles. The third kappa shape index (κ3) is 4.52. The number of imide groups is 1. The van der Waals surface area contributed by atoms with Crippen LogP contribution in [0.2, 0.25) is 0 Å². The number of fused-ring (bicyclic) bond motifs is 3. The van der Waals surface area contributed by atoms with E-state index in [-0.39, 0.29) is 16.7 Å². The summed E-state index contributed by atoms with van der Waals surface area (Å²) in [6.45, 7) is 9.72. The van der Waals surface area contributed by atoms with Gasteiger partial charge >= 0.3 is 6.09 Å². The maximum atomic E-state index is 13.9. The van der Waals surface area contributed by atoms with Gasteiger partial charge in [-0.15, -0.1) is 0 Å². The van der Waals surface area contributed by atoms with E-state index in [1.807, 2.05) is 44.2 Å². The quantitative estimate of drug-likeness (QED) is 0.427. The minimum Gasteiger partial charge on any atom is -0.443 e. The number of hydrogen-bond donors (Lipinski definition) is 1. The van der Waals surface area contributed by atoms with Crippen LogP contribution in [0.15, 0.2) is 64.5 Å². The fourth-order valence-electron chi connectivity index (χ4n) is 6.00. The summed E-state index contributed by atoms with van der Waals surface area (Å²) in [5, 5.41) is 3.36. The van der Waals surface area contributed by atoms with Crippen LogP contribution in [0, 0.1) is 13.8 Å². The lowest BCUT2D eigenvalue weighted by Crippen LogP contribution is -2.41. The number of carbonyl (C=O) groups is 2. The lowest BCUT2D eigenvalue weighted by atomic mass is 9.90. The fraction of sp³-hybridized carbons (Fsp3) is 0.344. The van der Waals surface area contributed by atoms with E-state index in [2.05, 4.69) is 11.4 Å². The molecule has 1 fully saturated rings. The van der Waals surface area contributed by atoms with E-state index in [1.54, 1.807) is 39.0 Å². The van der Waals surface area contributed by atoms with E-state index in [0.29, 0.717) is 18.7 Å². The van der Waals surface area contributed by atoms with Crippen LogP contribution in [0.25, 0.3) is 0 Å². The van der Waals surface area contributed by atoms with Crippen molar-refractivity contribution in [2.75, 3.05) is 16.5 Å². The molecule has 1 aliphatic carbocycles. The number of hydrogen-bond acceptors (Lipinski definition) is 7. The Morgan fingerprint density at radius 1 is 1.07 bits per heavy atom. The minimum absolute atomic E-state index is 0.0592. The van der Waals surface area contributed by atoms with Crippen molar-refractivity contribution in [3.05, 3.63) is 88.0 Å². The average Bonchev–Trinajstić information content (AvgIpc) is 3.44. The lowest BCUT2D eigenvalue weighted by molar-refractivity contribution is -0.120. The highest BCUT2D eigenvalue weighted by Crippen LogP contribution is 2.66. The number of aliphatic imine (C=N–C) groups is 1. The summed E-state index contributed by atoms with van der Waals surface area (Å²) < 4.78 is 29.4. The summed E-state index contributed by atoms with van der Waals surface area (Å²) in [6.07, 6.45) is 1.17. The van der Waals surface area contributed by atoms with Crippen molar-refractivity contribution in [1.29, 1.82) is 0 Å². The molecule has 2 atom stereocenters. The number of nitrogens with zero attached hydrogens (tertiary/aromatic N) is 2. The first kappa shape index (κ1) is 27.2. The molecule has 2 amide bonds. The monoisotopic (exact) mass is 571 g/mol. The van der Waals surface area contributed by atoms with Crippen molar-refractivity contribution in [3.63, 3.8) is 0 Å². The topological polar surface area (TPSA) is 105 Å². The Bertz CT molecular complexity index is 1790. The molecule has 2 heterocycles. The van der Waals surface area contributed by atoms with Crippen LogP contribution < -0.4 is 10.2 Å². The maximum absolute atomic E-state index is 13.9. The van der Waals surface area contributed by atoms with Gasteiger partial charge in [0, 0.05) is 23.4 Å². The molecule has 6 rings (SSSR count). The second kappa shape index (κ2) is 9.01. The molecule has 2 aliphatic heterocycles. The van der Waals surface area contributed by atoms with E-state index in [0.717, 1.165) is 44.9 Å². The summed E-state index contributed by atoms with van der Waals surface area (Å²) in [5.74, 6) is 0.432.